The predicted molar refractivity (Wildman–Crippen MR) is 96.4 cm³/mol. The van der Waals surface area contributed by atoms with Gasteiger partial charge in [0.25, 0.3) is 0 Å². The average Bonchev–Trinajstić information content (AvgIpc) is 2.62. The number of carbonyl (C=O) groups is 1. The third-order valence-electron chi connectivity index (χ3n) is 3.20. The van der Waals surface area contributed by atoms with E-state index < -0.39 is 45.8 Å². The molecule has 0 aliphatic carbocycles. The number of ether oxygens (including phenoxy) is 2. The molecule has 0 unspecified atom stereocenters. The molecule has 0 radical (unpaired) electrons. The number of hydrogen-bond donors (Lipinski definition) is 1. The summed E-state index contributed by atoms with van der Waals surface area (Å²) in [4.78, 5) is 13.4. The van der Waals surface area contributed by atoms with Crippen LogP contribution in [0.25, 0.3) is 0 Å². The van der Waals surface area contributed by atoms with E-state index in [0.717, 1.165) is 31.4 Å². The first-order valence-corrected chi connectivity index (χ1v) is 8.35. The molecule has 5 nitrogen and oxygen atoms in total. The van der Waals surface area contributed by atoms with Crippen molar-refractivity contribution in [1.82, 2.24) is 0 Å². The molecule has 2 rings (SSSR count). The normalized spacial score (nSPS) is 12.1. The number of nitrogens with one attached hydrogen (secondary N) is 1. The number of amides is 2. The fourth-order valence-corrected chi connectivity index (χ4v) is 2.08. The van der Waals surface area contributed by atoms with Gasteiger partial charge in [0.2, 0.25) is 10.7 Å². The lowest BCUT2D eigenvalue weighted by Crippen LogP contribution is -2.32. The summed E-state index contributed by atoms with van der Waals surface area (Å²) in [6.07, 6.45) is -3.94. The number of hydrogen-bond acceptors (Lipinski definition) is 3. The minimum Gasteiger partial charge on any atom is -0.480 e. The zero-order chi connectivity index (χ0) is 20.9. The molecule has 0 spiro atoms. The van der Waals surface area contributed by atoms with Gasteiger partial charge < -0.3 is 14.8 Å². The maximum atomic E-state index is 13.8. The van der Waals surface area contributed by atoms with Crippen LogP contribution in [0.3, 0.4) is 0 Å². The third-order valence-corrected chi connectivity index (χ3v) is 3.71. The lowest BCUT2D eigenvalue weighted by atomic mass is 10.2. The van der Waals surface area contributed by atoms with Crippen LogP contribution >= 0.6 is 23.2 Å². The van der Waals surface area contributed by atoms with Gasteiger partial charge >= 0.3 is 12.1 Å². The van der Waals surface area contributed by atoms with Gasteiger partial charge in [-0.1, -0.05) is 41.4 Å². The minimum atomic E-state index is -3.94. The fourth-order valence-electron chi connectivity index (χ4n) is 1.99. The van der Waals surface area contributed by atoms with Gasteiger partial charge in [-0.15, -0.1) is 0 Å². The van der Waals surface area contributed by atoms with E-state index in [2.05, 4.69) is 15.0 Å². The van der Waals surface area contributed by atoms with Crippen molar-refractivity contribution in [3.63, 3.8) is 0 Å². The smallest absolute Gasteiger partial charge is 0.428 e. The van der Waals surface area contributed by atoms with Crippen molar-refractivity contribution in [1.29, 1.82) is 0 Å². The Morgan fingerprint density at radius 3 is 2.29 bits per heavy atom. The zero-order valence-corrected chi connectivity index (χ0v) is 15.6. The number of aliphatic imine (C=N–C) groups is 1. The van der Waals surface area contributed by atoms with Crippen molar-refractivity contribution in [2.75, 3.05) is 12.4 Å². The van der Waals surface area contributed by atoms with Crippen LogP contribution in [0.5, 0.6) is 5.75 Å². The van der Waals surface area contributed by atoms with Crippen LogP contribution in [0.15, 0.2) is 47.5 Å². The number of rotatable bonds is 5. The Morgan fingerprint density at radius 2 is 1.71 bits per heavy atom. The molecule has 0 saturated heterocycles. The number of urea groups is 1. The Kier molecular flexibility index (Phi) is 7.09. The standard InChI is InChI=1S/C17H12Cl2F4N2O3/c1-27-14(13-9(20)5-4-6-10(13)21)25-16(26)24-11-7-2-3-8-12(11)28-17(22,23)15(18)19/h2-8,15H,1H3,(H,24,26)/b25-14-. The van der Waals surface area contributed by atoms with E-state index in [1.54, 1.807) is 0 Å². The second-order valence-electron chi connectivity index (χ2n) is 5.11. The highest BCUT2D eigenvalue weighted by Crippen LogP contribution is 2.34. The van der Waals surface area contributed by atoms with Crippen LogP contribution in [0.2, 0.25) is 0 Å². The Labute approximate surface area is 166 Å². The Bertz CT molecular complexity index is 874. The van der Waals surface area contributed by atoms with E-state index in [4.69, 9.17) is 27.9 Å². The van der Waals surface area contributed by atoms with Crippen molar-refractivity contribution in [3.05, 3.63) is 59.7 Å². The van der Waals surface area contributed by atoms with Crippen LogP contribution in [0.4, 0.5) is 28.0 Å². The number of nitrogens with zero attached hydrogens (tertiary/aromatic N) is 1. The van der Waals surface area contributed by atoms with Gasteiger partial charge in [-0.25, -0.2) is 13.6 Å². The molecular weight excluding hydrogens is 427 g/mol. The number of anilines is 1. The van der Waals surface area contributed by atoms with Crippen LogP contribution in [-0.4, -0.2) is 30.0 Å². The molecular formula is C17H12Cl2F4N2O3. The number of para-hydroxylation sites is 2. The van der Waals surface area contributed by atoms with Crippen LogP contribution in [0, 0.1) is 11.6 Å². The molecule has 2 aromatic carbocycles. The van der Waals surface area contributed by atoms with Crippen LogP contribution < -0.4 is 10.1 Å². The number of halogens is 6. The molecule has 11 heteroatoms. The topological polar surface area (TPSA) is 59.9 Å². The van der Waals surface area contributed by atoms with Gasteiger partial charge in [-0.05, 0) is 24.3 Å². The zero-order valence-electron chi connectivity index (χ0n) is 14.1. The first-order chi connectivity index (χ1) is 13.2. The molecule has 0 heterocycles. The van der Waals surface area contributed by atoms with Crippen molar-refractivity contribution in [2.45, 2.75) is 10.9 Å². The summed E-state index contributed by atoms with van der Waals surface area (Å²) >= 11 is 10.3. The van der Waals surface area contributed by atoms with Gasteiger partial charge in [0.1, 0.15) is 22.9 Å². The van der Waals surface area contributed by atoms with Gasteiger partial charge in [-0.3, -0.25) is 0 Å². The van der Waals surface area contributed by atoms with Gasteiger partial charge in [0.15, 0.2) is 0 Å². The highest BCUT2D eigenvalue weighted by molar-refractivity contribution is 6.44. The number of methoxy groups -OCH3 is 1. The fraction of sp³-hybridized carbons (Fsp3) is 0.176. The first kappa shape index (κ1) is 21.8. The molecule has 1 N–H and O–H groups in total. The SMILES string of the molecule is CO/C(=N\C(=O)Nc1ccccc1OC(F)(F)C(Cl)Cl)c1c(F)cccc1F. The maximum Gasteiger partial charge on any atom is 0.428 e. The summed E-state index contributed by atoms with van der Waals surface area (Å²) in [6, 6.07) is 6.98. The van der Waals surface area contributed by atoms with E-state index in [1.165, 1.54) is 18.2 Å². The second kappa shape index (κ2) is 9.11. The van der Waals surface area contributed by atoms with E-state index in [0.29, 0.717) is 0 Å². The summed E-state index contributed by atoms with van der Waals surface area (Å²) < 4.78 is 64.1. The number of benzene rings is 2. The average molecular weight is 439 g/mol. The van der Waals surface area contributed by atoms with Gasteiger partial charge in [-0.2, -0.15) is 13.8 Å². The number of alkyl halides is 4. The predicted octanol–water partition coefficient (Wildman–Crippen LogP) is 5.37. The molecule has 0 atom stereocenters. The van der Waals surface area contributed by atoms with E-state index in [1.807, 2.05) is 0 Å². The lowest BCUT2D eigenvalue weighted by Gasteiger charge is -2.20. The minimum absolute atomic E-state index is 0.214. The quantitative estimate of drug-likeness (QED) is 0.295. The maximum absolute atomic E-state index is 13.8. The Hall–Kier alpha value is -2.52. The molecule has 28 heavy (non-hydrogen) atoms. The molecule has 0 aromatic heterocycles. The molecule has 0 aliphatic rings. The highest BCUT2D eigenvalue weighted by atomic mass is 35.5. The molecule has 0 aliphatic heterocycles. The summed E-state index contributed by atoms with van der Waals surface area (Å²) in [5.41, 5.74) is -0.877. The molecule has 150 valence electrons. The third kappa shape index (κ3) is 5.26. The van der Waals surface area contributed by atoms with Crippen LogP contribution in [0.1, 0.15) is 5.56 Å². The van der Waals surface area contributed by atoms with Gasteiger partial charge in [0.05, 0.1) is 12.8 Å². The van der Waals surface area contributed by atoms with Crippen molar-refractivity contribution < 1.29 is 31.8 Å². The molecule has 0 bridgehead atoms. The van der Waals surface area contributed by atoms with Crippen molar-refractivity contribution in [2.24, 2.45) is 4.99 Å². The summed E-state index contributed by atoms with van der Waals surface area (Å²) in [7, 11) is 1.05. The molecule has 0 saturated carbocycles. The summed E-state index contributed by atoms with van der Waals surface area (Å²) in [5, 5.41) is 2.15. The van der Waals surface area contributed by atoms with Crippen molar-refractivity contribution in [3.8, 4) is 5.75 Å². The Morgan fingerprint density at radius 1 is 1.11 bits per heavy atom. The Balaban J connectivity index is 2.29. The monoisotopic (exact) mass is 438 g/mol. The largest absolute Gasteiger partial charge is 0.480 e. The highest BCUT2D eigenvalue weighted by Gasteiger charge is 2.40. The van der Waals surface area contributed by atoms with Crippen molar-refractivity contribution >= 4 is 40.8 Å². The summed E-state index contributed by atoms with van der Waals surface area (Å²) in [5.74, 6) is -3.13. The van der Waals surface area contributed by atoms with Crippen LogP contribution in [-0.2, 0) is 4.74 Å². The van der Waals surface area contributed by atoms with E-state index in [9.17, 15) is 22.4 Å². The first-order valence-electron chi connectivity index (χ1n) is 7.47. The van der Waals surface area contributed by atoms with E-state index in [-0.39, 0.29) is 5.69 Å². The van der Waals surface area contributed by atoms with Gasteiger partial charge in [0, 0.05) is 0 Å². The number of carbonyl (C=O) groups excluding carboxylic acids is 1. The second-order valence-corrected chi connectivity index (χ2v) is 6.20. The molecule has 2 aromatic rings. The summed E-state index contributed by atoms with van der Waals surface area (Å²) in [6.45, 7) is 0. The molecule has 0 fully saturated rings. The lowest BCUT2D eigenvalue weighted by molar-refractivity contribution is -0.163. The van der Waals surface area contributed by atoms with E-state index >= 15 is 0 Å². The molecule has 2 amide bonds.